The number of hydrogen-bond acceptors (Lipinski definition) is 2. The third-order valence-electron chi connectivity index (χ3n) is 3.56. The van der Waals surface area contributed by atoms with Gasteiger partial charge in [-0.3, -0.25) is 4.79 Å². The lowest BCUT2D eigenvalue weighted by molar-refractivity contribution is -0.116. The lowest BCUT2D eigenvalue weighted by Crippen LogP contribution is -2.28. The number of hydrogen-bond donors (Lipinski definition) is 1. The summed E-state index contributed by atoms with van der Waals surface area (Å²) in [5.74, 6) is -2.02. The number of halogens is 3. The SMILES string of the molecule is Cl.O=C(CCN1CCCCCC1)Nc1ccc(F)c(F)c1. The maximum Gasteiger partial charge on any atom is 0.225 e. The van der Waals surface area contributed by atoms with Gasteiger partial charge in [0.05, 0.1) is 0 Å². The highest BCUT2D eigenvalue weighted by Crippen LogP contribution is 2.14. The predicted octanol–water partition coefficient (Wildman–Crippen LogP) is 3.59. The van der Waals surface area contributed by atoms with Gasteiger partial charge in [-0.25, -0.2) is 8.78 Å². The fourth-order valence-corrected chi connectivity index (χ4v) is 2.42. The molecule has 0 saturated carbocycles. The standard InChI is InChI=1S/C15H20F2N2O.ClH/c16-13-6-5-12(11-14(13)17)18-15(20)7-10-19-8-3-1-2-4-9-19;/h5-6,11H,1-4,7-10H2,(H,18,20);1H. The molecule has 0 unspecified atom stereocenters. The molecular weight excluding hydrogens is 298 g/mol. The molecule has 1 heterocycles. The number of carbonyl (C=O) groups excluding carboxylic acids is 1. The van der Waals surface area contributed by atoms with Gasteiger partial charge in [-0.2, -0.15) is 0 Å². The first-order valence-corrected chi connectivity index (χ1v) is 7.12. The highest BCUT2D eigenvalue weighted by atomic mass is 35.5. The zero-order valence-electron chi connectivity index (χ0n) is 11.9. The first-order valence-electron chi connectivity index (χ1n) is 7.12. The summed E-state index contributed by atoms with van der Waals surface area (Å²) in [4.78, 5) is 14.1. The Balaban J connectivity index is 0.00000220. The van der Waals surface area contributed by atoms with Crippen LogP contribution in [-0.4, -0.2) is 30.4 Å². The van der Waals surface area contributed by atoms with Crippen LogP contribution in [0.25, 0.3) is 0 Å². The molecule has 1 aromatic carbocycles. The monoisotopic (exact) mass is 318 g/mol. The molecule has 0 bridgehead atoms. The van der Waals surface area contributed by atoms with E-state index < -0.39 is 11.6 Å². The second-order valence-corrected chi connectivity index (χ2v) is 5.18. The summed E-state index contributed by atoms with van der Waals surface area (Å²) in [7, 11) is 0. The van der Waals surface area contributed by atoms with Crippen molar-refractivity contribution >= 4 is 24.0 Å². The molecule has 1 aliphatic rings. The van der Waals surface area contributed by atoms with Crippen LogP contribution in [0.2, 0.25) is 0 Å². The van der Waals surface area contributed by atoms with Crippen molar-refractivity contribution in [2.45, 2.75) is 32.1 Å². The molecule has 1 N–H and O–H groups in total. The van der Waals surface area contributed by atoms with Gasteiger partial charge in [-0.05, 0) is 38.1 Å². The summed E-state index contributed by atoms with van der Waals surface area (Å²) in [6.07, 6.45) is 5.27. The van der Waals surface area contributed by atoms with Crippen molar-refractivity contribution in [3.05, 3.63) is 29.8 Å². The van der Waals surface area contributed by atoms with Crippen molar-refractivity contribution in [1.29, 1.82) is 0 Å². The van der Waals surface area contributed by atoms with Gasteiger partial charge in [0.2, 0.25) is 5.91 Å². The van der Waals surface area contributed by atoms with E-state index in [1.54, 1.807) is 0 Å². The minimum Gasteiger partial charge on any atom is -0.326 e. The first kappa shape index (κ1) is 17.9. The van der Waals surface area contributed by atoms with Crippen molar-refractivity contribution < 1.29 is 13.6 Å². The van der Waals surface area contributed by atoms with Crippen LogP contribution in [0.1, 0.15) is 32.1 Å². The Morgan fingerprint density at radius 1 is 1.10 bits per heavy atom. The van der Waals surface area contributed by atoms with Crippen LogP contribution in [0, 0.1) is 11.6 Å². The minimum absolute atomic E-state index is 0. The van der Waals surface area contributed by atoms with E-state index in [0.717, 1.165) is 31.8 Å². The van der Waals surface area contributed by atoms with Gasteiger partial charge in [-0.1, -0.05) is 12.8 Å². The maximum atomic E-state index is 13.0. The van der Waals surface area contributed by atoms with Crippen LogP contribution < -0.4 is 5.32 Å². The molecule has 1 aliphatic heterocycles. The average Bonchev–Trinajstić information content (AvgIpc) is 2.69. The number of amides is 1. The number of carbonyl (C=O) groups is 1. The summed E-state index contributed by atoms with van der Waals surface area (Å²) in [5.41, 5.74) is 0.296. The Labute approximate surface area is 130 Å². The Kier molecular flexibility index (Phi) is 7.61. The lowest BCUT2D eigenvalue weighted by Gasteiger charge is -2.19. The molecule has 0 spiro atoms. The molecule has 118 valence electrons. The molecule has 3 nitrogen and oxygen atoms in total. The third-order valence-corrected chi connectivity index (χ3v) is 3.56. The van der Waals surface area contributed by atoms with Gasteiger partial charge in [-0.15, -0.1) is 12.4 Å². The fourth-order valence-electron chi connectivity index (χ4n) is 2.42. The summed E-state index contributed by atoms with van der Waals surface area (Å²) < 4.78 is 25.8. The van der Waals surface area contributed by atoms with Crippen LogP contribution in [0.4, 0.5) is 14.5 Å². The van der Waals surface area contributed by atoms with E-state index in [0.29, 0.717) is 12.1 Å². The molecule has 21 heavy (non-hydrogen) atoms. The summed E-state index contributed by atoms with van der Waals surface area (Å²) in [6.45, 7) is 2.80. The van der Waals surface area contributed by atoms with Crippen LogP contribution in [-0.2, 0) is 4.79 Å². The number of nitrogens with zero attached hydrogens (tertiary/aromatic N) is 1. The molecule has 2 rings (SSSR count). The molecule has 0 aromatic heterocycles. The van der Waals surface area contributed by atoms with Gasteiger partial charge in [0.25, 0.3) is 0 Å². The van der Waals surface area contributed by atoms with Gasteiger partial charge >= 0.3 is 0 Å². The summed E-state index contributed by atoms with van der Waals surface area (Å²) in [5, 5.41) is 2.59. The average molecular weight is 319 g/mol. The van der Waals surface area contributed by atoms with Gasteiger partial charge in [0, 0.05) is 24.7 Å². The lowest BCUT2D eigenvalue weighted by atomic mass is 10.2. The van der Waals surface area contributed by atoms with Crippen LogP contribution in [0.5, 0.6) is 0 Å². The smallest absolute Gasteiger partial charge is 0.225 e. The maximum absolute atomic E-state index is 13.0. The number of benzene rings is 1. The highest BCUT2D eigenvalue weighted by molar-refractivity contribution is 5.90. The summed E-state index contributed by atoms with van der Waals surface area (Å²) in [6, 6.07) is 3.38. The molecule has 1 saturated heterocycles. The Morgan fingerprint density at radius 2 is 1.76 bits per heavy atom. The Morgan fingerprint density at radius 3 is 2.38 bits per heavy atom. The molecule has 0 aliphatic carbocycles. The predicted molar refractivity (Wildman–Crippen MR) is 81.8 cm³/mol. The van der Waals surface area contributed by atoms with Gasteiger partial charge in [0.1, 0.15) is 0 Å². The molecule has 1 aromatic rings. The van der Waals surface area contributed by atoms with Gasteiger partial charge in [0.15, 0.2) is 11.6 Å². The second kappa shape index (κ2) is 8.95. The summed E-state index contributed by atoms with van der Waals surface area (Å²) >= 11 is 0. The van der Waals surface area contributed by atoms with Crippen molar-refractivity contribution in [3.8, 4) is 0 Å². The Hall–Kier alpha value is -1.20. The molecule has 6 heteroatoms. The quantitative estimate of drug-likeness (QED) is 0.920. The third kappa shape index (κ3) is 5.98. The topological polar surface area (TPSA) is 32.3 Å². The van der Waals surface area contributed by atoms with Crippen molar-refractivity contribution in [2.24, 2.45) is 0 Å². The largest absolute Gasteiger partial charge is 0.326 e. The van der Waals surface area contributed by atoms with E-state index in [4.69, 9.17) is 0 Å². The van der Waals surface area contributed by atoms with E-state index in [-0.39, 0.29) is 18.3 Å². The number of anilines is 1. The minimum atomic E-state index is -0.949. The van der Waals surface area contributed by atoms with E-state index in [9.17, 15) is 13.6 Å². The first-order chi connectivity index (χ1) is 9.65. The molecule has 1 amide bonds. The van der Waals surface area contributed by atoms with E-state index >= 15 is 0 Å². The Bertz CT molecular complexity index is 463. The number of nitrogens with one attached hydrogen (secondary N) is 1. The van der Waals surface area contributed by atoms with Crippen molar-refractivity contribution in [2.75, 3.05) is 25.0 Å². The number of likely N-dealkylation sites (tertiary alicyclic amines) is 1. The van der Waals surface area contributed by atoms with Crippen molar-refractivity contribution in [1.82, 2.24) is 4.90 Å². The second-order valence-electron chi connectivity index (χ2n) is 5.18. The molecule has 0 atom stereocenters. The zero-order valence-corrected chi connectivity index (χ0v) is 12.7. The van der Waals surface area contributed by atoms with E-state index in [2.05, 4.69) is 10.2 Å². The molecule has 0 radical (unpaired) electrons. The van der Waals surface area contributed by atoms with Crippen LogP contribution in [0.15, 0.2) is 18.2 Å². The zero-order chi connectivity index (χ0) is 14.4. The number of rotatable bonds is 4. The van der Waals surface area contributed by atoms with E-state index in [1.807, 2.05) is 0 Å². The van der Waals surface area contributed by atoms with Crippen LogP contribution >= 0.6 is 12.4 Å². The van der Waals surface area contributed by atoms with E-state index in [1.165, 1.54) is 31.7 Å². The molecular formula is C15H21ClF2N2O. The molecule has 1 fully saturated rings. The van der Waals surface area contributed by atoms with Gasteiger partial charge < -0.3 is 10.2 Å². The normalized spacial score (nSPS) is 15.9. The highest BCUT2D eigenvalue weighted by Gasteiger charge is 2.11. The fraction of sp³-hybridized carbons (Fsp3) is 0.533. The van der Waals surface area contributed by atoms with Crippen LogP contribution in [0.3, 0.4) is 0 Å². The van der Waals surface area contributed by atoms with Crippen molar-refractivity contribution in [3.63, 3.8) is 0 Å².